The largest absolute Gasteiger partial charge is 0.463 e. The number of alkyl halides is 3. The van der Waals surface area contributed by atoms with E-state index in [2.05, 4.69) is 0 Å². The highest BCUT2D eigenvalue weighted by Gasteiger charge is 2.30. The van der Waals surface area contributed by atoms with E-state index in [4.69, 9.17) is 4.74 Å². The fraction of sp³-hybridized carbons (Fsp3) is 0.407. The lowest BCUT2D eigenvalue weighted by atomic mass is 10.0. The van der Waals surface area contributed by atoms with Crippen molar-refractivity contribution < 1.29 is 32.6 Å². The van der Waals surface area contributed by atoms with Crippen LogP contribution < -0.4 is 0 Å². The molecule has 1 heterocycles. The van der Waals surface area contributed by atoms with Gasteiger partial charge in [0.2, 0.25) is 5.91 Å². The van der Waals surface area contributed by atoms with Crippen molar-refractivity contribution in [1.82, 2.24) is 10.0 Å². The summed E-state index contributed by atoms with van der Waals surface area (Å²) < 4.78 is 43.7. The lowest BCUT2D eigenvalue weighted by molar-refractivity contribution is -0.158. The normalized spacial score (nSPS) is 15.9. The summed E-state index contributed by atoms with van der Waals surface area (Å²) in [5, 5.41) is 14.0. The van der Waals surface area contributed by atoms with E-state index < -0.39 is 23.8 Å². The molecule has 6 nitrogen and oxygen atoms in total. The zero-order valence-electron chi connectivity index (χ0n) is 20.2. The maximum Gasteiger partial charge on any atom is 0.416 e. The summed E-state index contributed by atoms with van der Waals surface area (Å²) in [7, 11) is 0. The van der Waals surface area contributed by atoms with E-state index in [1.807, 2.05) is 29.3 Å². The van der Waals surface area contributed by atoms with Crippen molar-refractivity contribution in [3.05, 3.63) is 76.9 Å². The molecule has 1 unspecified atom stereocenters. The third kappa shape index (κ3) is 8.20. The monoisotopic (exact) mass is 504 g/mol. The molecule has 3 rings (SSSR count). The summed E-state index contributed by atoms with van der Waals surface area (Å²) in [6.07, 6.45) is -0.682. The van der Waals surface area contributed by atoms with Gasteiger partial charge >= 0.3 is 12.1 Å². The molecular weight excluding hydrogens is 473 g/mol. The Morgan fingerprint density at radius 2 is 1.92 bits per heavy atom. The van der Waals surface area contributed by atoms with Crippen LogP contribution in [0.2, 0.25) is 0 Å². The van der Waals surface area contributed by atoms with Gasteiger partial charge in [-0.25, -0.2) is 9.80 Å². The van der Waals surface area contributed by atoms with Gasteiger partial charge in [-0.2, -0.15) is 13.2 Å². The number of ether oxygens (including phenoxy) is 1. The van der Waals surface area contributed by atoms with E-state index in [9.17, 15) is 27.9 Å². The van der Waals surface area contributed by atoms with Crippen LogP contribution in [0.15, 0.2) is 54.6 Å². The zero-order valence-corrected chi connectivity index (χ0v) is 20.2. The van der Waals surface area contributed by atoms with E-state index in [1.54, 1.807) is 24.1 Å². The molecule has 0 radical (unpaired) electrons. The van der Waals surface area contributed by atoms with Crippen molar-refractivity contribution >= 4 is 18.0 Å². The summed E-state index contributed by atoms with van der Waals surface area (Å²) in [6.45, 7) is 3.48. The molecule has 1 N–H and O–H groups in total. The molecule has 1 aliphatic heterocycles. The van der Waals surface area contributed by atoms with Gasteiger partial charge in [0, 0.05) is 25.6 Å². The van der Waals surface area contributed by atoms with Crippen LogP contribution in [0.4, 0.5) is 13.2 Å². The average Bonchev–Trinajstić information content (AvgIpc) is 2.84. The summed E-state index contributed by atoms with van der Waals surface area (Å²) in [5.41, 5.74) is 1.42. The fourth-order valence-electron chi connectivity index (χ4n) is 4.05. The number of nitrogens with zero attached hydrogens (tertiary/aromatic N) is 2. The highest BCUT2D eigenvalue weighted by atomic mass is 19.4. The minimum absolute atomic E-state index is 0.0140. The topological polar surface area (TPSA) is 70.1 Å². The number of aliphatic hydroxyl groups is 1. The Hall–Kier alpha value is -3.17. The summed E-state index contributed by atoms with van der Waals surface area (Å²) >= 11 is 0. The number of benzene rings is 2. The van der Waals surface area contributed by atoms with E-state index >= 15 is 0 Å². The number of hydrazine groups is 1. The first kappa shape index (κ1) is 27.4. The fourth-order valence-corrected chi connectivity index (χ4v) is 4.05. The number of amides is 1. The van der Waals surface area contributed by atoms with Crippen LogP contribution in [0.3, 0.4) is 0 Å². The van der Waals surface area contributed by atoms with Crippen molar-refractivity contribution in [2.45, 2.75) is 51.4 Å². The Labute approximate surface area is 208 Å². The Morgan fingerprint density at radius 3 is 2.61 bits per heavy atom. The second-order valence-electron chi connectivity index (χ2n) is 8.68. The van der Waals surface area contributed by atoms with E-state index in [0.717, 1.165) is 23.3 Å². The number of aliphatic hydroxyl groups excluding tert-OH is 1. The third-order valence-corrected chi connectivity index (χ3v) is 5.89. The Morgan fingerprint density at radius 1 is 1.17 bits per heavy atom. The standard InChI is InChI=1S/C27H31F3N2O4/c1-2-36-26(35)13-12-20-8-10-21(11-9-20)19-32-25(34)7-4-15-31(32)16-14-24(33)18-22-5-3-6-23(17-22)27(28,29)30/h3,5-6,8-13,17,24,33H,2,4,7,14-16,18-19H2,1H3. The molecule has 1 saturated heterocycles. The molecule has 36 heavy (non-hydrogen) atoms. The Bertz CT molecular complexity index is 1050. The van der Waals surface area contributed by atoms with Gasteiger partial charge in [-0.15, -0.1) is 0 Å². The highest BCUT2D eigenvalue weighted by molar-refractivity contribution is 5.87. The van der Waals surface area contributed by atoms with Crippen molar-refractivity contribution in [2.75, 3.05) is 19.7 Å². The predicted molar refractivity (Wildman–Crippen MR) is 129 cm³/mol. The van der Waals surface area contributed by atoms with Crippen LogP contribution in [-0.4, -0.2) is 52.8 Å². The number of esters is 1. The number of halogens is 3. The predicted octanol–water partition coefficient (Wildman–Crippen LogP) is 4.61. The number of rotatable bonds is 10. The van der Waals surface area contributed by atoms with Crippen LogP contribution in [-0.2, 0) is 33.5 Å². The SMILES string of the molecule is CCOC(=O)C=Cc1ccc(CN2C(=O)CCCN2CCC(O)Cc2cccc(C(F)(F)F)c2)cc1. The van der Waals surface area contributed by atoms with Gasteiger partial charge < -0.3 is 9.84 Å². The van der Waals surface area contributed by atoms with Crippen molar-refractivity contribution in [2.24, 2.45) is 0 Å². The second-order valence-corrected chi connectivity index (χ2v) is 8.68. The summed E-state index contributed by atoms with van der Waals surface area (Å²) in [4.78, 5) is 24.1. The second kappa shape index (κ2) is 12.7. The van der Waals surface area contributed by atoms with E-state index in [0.29, 0.717) is 51.1 Å². The number of carbonyl (C=O) groups is 2. The molecule has 194 valence electrons. The quantitative estimate of drug-likeness (QED) is 0.378. The number of hydrogen-bond donors (Lipinski definition) is 1. The summed E-state index contributed by atoms with van der Waals surface area (Å²) in [5.74, 6) is -0.425. The molecule has 1 aliphatic rings. The molecule has 0 bridgehead atoms. The molecule has 0 spiro atoms. The van der Waals surface area contributed by atoms with Gasteiger partial charge in [-0.3, -0.25) is 9.80 Å². The average molecular weight is 505 g/mol. The van der Waals surface area contributed by atoms with Crippen molar-refractivity contribution in [1.29, 1.82) is 0 Å². The van der Waals surface area contributed by atoms with Gasteiger partial charge in [-0.05, 0) is 55.0 Å². The minimum Gasteiger partial charge on any atom is -0.463 e. The van der Waals surface area contributed by atoms with Crippen LogP contribution in [0.25, 0.3) is 6.08 Å². The molecule has 2 aromatic rings. The Kier molecular flexibility index (Phi) is 9.66. The minimum atomic E-state index is -4.43. The van der Waals surface area contributed by atoms with E-state index in [-0.39, 0.29) is 12.3 Å². The first-order valence-corrected chi connectivity index (χ1v) is 12.0. The Balaban J connectivity index is 1.57. The lowest BCUT2D eigenvalue weighted by Crippen LogP contribution is -2.50. The van der Waals surface area contributed by atoms with Gasteiger partial charge in [0.25, 0.3) is 0 Å². The highest BCUT2D eigenvalue weighted by Crippen LogP contribution is 2.30. The molecule has 1 atom stereocenters. The molecule has 1 amide bonds. The van der Waals surface area contributed by atoms with Crippen LogP contribution >= 0.6 is 0 Å². The molecule has 0 saturated carbocycles. The third-order valence-electron chi connectivity index (χ3n) is 5.89. The van der Waals surface area contributed by atoms with Gasteiger partial charge in [0.15, 0.2) is 0 Å². The molecule has 2 aromatic carbocycles. The van der Waals surface area contributed by atoms with Gasteiger partial charge in [-0.1, -0.05) is 42.5 Å². The maximum absolute atomic E-state index is 12.9. The molecular formula is C27H31F3N2O4. The van der Waals surface area contributed by atoms with Gasteiger partial charge in [0.1, 0.15) is 0 Å². The molecule has 0 aromatic heterocycles. The number of carbonyl (C=O) groups excluding carboxylic acids is 2. The smallest absolute Gasteiger partial charge is 0.416 e. The summed E-state index contributed by atoms with van der Waals surface area (Å²) in [6, 6.07) is 12.4. The molecule has 9 heteroatoms. The number of hydrogen-bond acceptors (Lipinski definition) is 5. The first-order valence-electron chi connectivity index (χ1n) is 12.0. The van der Waals surface area contributed by atoms with Crippen molar-refractivity contribution in [3.8, 4) is 0 Å². The van der Waals surface area contributed by atoms with Crippen LogP contribution in [0.1, 0.15) is 48.4 Å². The molecule has 1 fully saturated rings. The molecule has 0 aliphatic carbocycles. The van der Waals surface area contributed by atoms with Crippen molar-refractivity contribution in [3.63, 3.8) is 0 Å². The van der Waals surface area contributed by atoms with E-state index in [1.165, 1.54) is 12.1 Å². The first-order chi connectivity index (χ1) is 17.2. The zero-order chi connectivity index (χ0) is 26.1. The van der Waals surface area contributed by atoms with Crippen LogP contribution in [0.5, 0.6) is 0 Å². The van der Waals surface area contributed by atoms with Crippen LogP contribution in [0, 0.1) is 0 Å². The van der Waals surface area contributed by atoms with Gasteiger partial charge in [0.05, 0.1) is 24.8 Å². The maximum atomic E-state index is 12.9. The lowest BCUT2D eigenvalue weighted by Gasteiger charge is -2.39.